The molecule has 0 radical (unpaired) electrons. The second-order valence-corrected chi connectivity index (χ2v) is 6.45. The fraction of sp³-hybridized carbons (Fsp3) is 0.286. The van der Waals surface area contributed by atoms with Crippen LogP contribution < -0.4 is 4.74 Å². The molecule has 8 heteroatoms. The van der Waals surface area contributed by atoms with Crippen molar-refractivity contribution in [2.75, 3.05) is 13.7 Å². The molecule has 0 aliphatic heterocycles. The third kappa shape index (κ3) is 5.37. The molecule has 0 saturated carbocycles. The lowest BCUT2D eigenvalue weighted by Crippen LogP contribution is -2.26. The van der Waals surface area contributed by atoms with Crippen LogP contribution in [0.3, 0.4) is 0 Å². The van der Waals surface area contributed by atoms with Crippen molar-refractivity contribution in [3.8, 4) is 17.1 Å². The number of ether oxygens (including phenoxy) is 1. The summed E-state index contributed by atoms with van der Waals surface area (Å²) in [6.45, 7) is 2.54. The first-order valence-electron chi connectivity index (χ1n) is 9.20. The van der Waals surface area contributed by atoms with E-state index < -0.39 is 11.6 Å². The number of rotatable bonds is 8. The van der Waals surface area contributed by atoms with Crippen LogP contribution in [0.1, 0.15) is 24.8 Å². The van der Waals surface area contributed by atoms with Crippen LogP contribution in [-0.2, 0) is 17.8 Å². The standard InChI is InChI=1S/C21H21F2N3O3/c1-3-28-17-8-5-14(6-9-17)21-24-19(29-25-21)10-11-20(27)26(2)13-15-4-7-16(22)12-18(15)23/h4-9,12H,3,10-11,13H2,1-2H3. The van der Waals surface area contributed by atoms with E-state index in [9.17, 15) is 13.6 Å². The van der Waals surface area contributed by atoms with E-state index in [1.54, 1.807) is 7.05 Å². The van der Waals surface area contributed by atoms with Crippen molar-refractivity contribution in [2.24, 2.45) is 0 Å². The summed E-state index contributed by atoms with van der Waals surface area (Å²) in [4.78, 5) is 18.0. The van der Waals surface area contributed by atoms with Gasteiger partial charge in [-0.05, 0) is 37.3 Å². The van der Waals surface area contributed by atoms with Gasteiger partial charge in [0.2, 0.25) is 17.6 Å². The molecule has 0 aliphatic carbocycles. The molecule has 3 rings (SSSR count). The lowest BCUT2D eigenvalue weighted by atomic mass is 10.2. The Balaban J connectivity index is 1.55. The van der Waals surface area contributed by atoms with Crippen molar-refractivity contribution in [3.05, 3.63) is 65.6 Å². The van der Waals surface area contributed by atoms with E-state index in [2.05, 4.69) is 10.1 Å². The number of aryl methyl sites for hydroxylation is 1. The molecule has 0 aliphatic rings. The fourth-order valence-corrected chi connectivity index (χ4v) is 2.74. The fourth-order valence-electron chi connectivity index (χ4n) is 2.74. The molecule has 0 N–H and O–H groups in total. The van der Waals surface area contributed by atoms with Crippen molar-refractivity contribution in [3.63, 3.8) is 0 Å². The number of nitrogens with zero attached hydrogens (tertiary/aromatic N) is 3. The molecule has 152 valence electrons. The van der Waals surface area contributed by atoms with Gasteiger partial charge in [-0.2, -0.15) is 4.98 Å². The smallest absolute Gasteiger partial charge is 0.227 e. The van der Waals surface area contributed by atoms with Crippen LogP contribution in [0.2, 0.25) is 0 Å². The Morgan fingerprint density at radius 3 is 2.62 bits per heavy atom. The van der Waals surface area contributed by atoms with Gasteiger partial charge in [0.25, 0.3) is 0 Å². The monoisotopic (exact) mass is 401 g/mol. The quantitative estimate of drug-likeness (QED) is 0.571. The van der Waals surface area contributed by atoms with Gasteiger partial charge in [0, 0.05) is 43.6 Å². The van der Waals surface area contributed by atoms with Crippen molar-refractivity contribution in [1.29, 1.82) is 0 Å². The molecule has 3 aromatic rings. The first-order chi connectivity index (χ1) is 14.0. The van der Waals surface area contributed by atoms with Gasteiger partial charge in [0.05, 0.1) is 6.61 Å². The molecule has 1 aromatic heterocycles. The molecular formula is C21H21F2N3O3. The highest BCUT2D eigenvalue weighted by Gasteiger charge is 2.15. The Morgan fingerprint density at radius 1 is 1.17 bits per heavy atom. The molecular weight excluding hydrogens is 380 g/mol. The summed E-state index contributed by atoms with van der Waals surface area (Å²) >= 11 is 0. The van der Waals surface area contributed by atoms with E-state index in [0.717, 1.165) is 23.4 Å². The summed E-state index contributed by atoms with van der Waals surface area (Å²) < 4.78 is 37.3. The molecule has 0 fully saturated rings. The zero-order valence-corrected chi connectivity index (χ0v) is 16.2. The van der Waals surface area contributed by atoms with Crippen molar-refractivity contribution >= 4 is 5.91 Å². The van der Waals surface area contributed by atoms with Gasteiger partial charge < -0.3 is 14.2 Å². The lowest BCUT2D eigenvalue weighted by molar-refractivity contribution is -0.130. The Labute approximate surface area is 167 Å². The summed E-state index contributed by atoms with van der Waals surface area (Å²) in [5, 5.41) is 3.94. The molecule has 2 aromatic carbocycles. The molecule has 0 bridgehead atoms. The third-order valence-corrected chi connectivity index (χ3v) is 4.29. The Morgan fingerprint density at radius 2 is 1.93 bits per heavy atom. The van der Waals surface area contributed by atoms with E-state index in [0.29, 0.717) is 18.3 Å². The average Bonchev–Trinajstić information content (AvgIpc) is 3.18. The van der Waals surface area contributed by atoms with Crippen LogP contribution in [0, 0.1) is 11.6 Å². The van der Waals surface area contributed by atoms with Crippen LogP contribution in [0.4, 0.5) is 8.78 Å². The molecule has 0 spiro atoms. The number of hydrogen-bond donors (Lipinski definition) is 0. The largest absolute Gasteiger partial charge is 0.494 e. The molecule has 0 atom stereocenters. The number of carbonyl (C=O) groups is 1. The van der Waals surface area contributed by atoms with Crippen LogP contribution >= 0.6 is 0 Å². The highest BCUT2D eigenvalue weighted by atomic mass is 19.1. The van der Waals surface area contributed by atoms with Crippen molar-refractivity contribution in [2.45, 2.75) is 26.3 Å². The predicted molar refractivity (Wildman–Crippen MR) is 102 cm³/mol. The number of hydrogen-bond acceptors (Lipinski definition) is 5. The Kier molecular flexibility index (Phi) is 6.54. The number of amides is 1. The minimum Gasteiger partial charge on any atom is -0.494 e. The average molecular weight is 401 g/mol. The minimum absolute atomic E-state index is 0.0478. The third-order valence-electron chi connectivity index (χ3n) is 4.29. The number of halogens is 2. The number of aromatic nitrogens is 2. The maximum absolute atomic E-state index is 13.7. The number of carbonyl (C=O) groups excluding carboxylic acids is 1. The summed E-state index contributed by atoms with van der Waals surface area (Å²) in [6.07, 6.45) is 0.392. The Hall–Kier alpha value is -3.29. The van der Waals surface area contributed by atoms with E-state index in [1.807, 2.05) is 31.2 Å². The molecule has 1 heterocycles. The van der Waals surface area contributed by atoms with Gasteiger partial charge in [-0.3, -0.25) is 4.79 Å². The van der Waals surface area contributed by atoms with E-state index >= 15 is 0 Å². The van der Waals surface area contributed by atoms with Gasteiger partial charge in [-0.25, -0.2) is 8.78 Å². The van der Waals surface area contributed by atoms with Crippen molar-refractivity contribution < 1.29 is 22.8 Å². The van der Waals surface area contributed by atoms with E-state index in [4.69, 9.17) is 9.26 Å². The van der Waals surface area contributed by atoms with Gasteiger partial charge in [-0.15, -0.1) is 0 Å². The van der Waals surface area contributed by atoms with Crippen LogP contribution in [0.5, 0.6) is 5.75 Å². The zero-order chi connectivity index (χ0) is 20.8. The van der Waals surface area contributed by atoms with Crippen LogP contribution in [-0.4, -0.2) is 34.6 Å². The predicted octanol–water partition coefficient (Wildman–Crippen LogP) is 4.00. The van der Waals surface area contributed by atoms with Gasteiger partial charge >= 0.3 is 0 Å². The second kappa shape index (κ2) is 9.27. The summed E-state index contributed by atoms with van der Waals surface area (Å²) in [7, 11) is 1.56. The first-order valence-corrected chi connectivity index (χ1v) is 9.20. The SMILES string of the molecule is CCOc1ccc(-c2noc(CCC(=O)N(C)Cc3ccc(F)cc3F)n2)cc1. The number of benzene rings is 2. The molecule has 0 unspecified atom stereocenters. The van der Waals surface area contributed by atoms with Gasteiger partial charge in [0.1, 0.15) is 17.4 Å². The maximum atomic E-state index is 13.7. The van der Waals surface area contributed by atoms with Gasteiger partial charge in [-0.1, -0.05) is 11.2 Å². The van der Waals surface area contributed by atoms with Crippen LogP contribution in [0.25, 0.3) is 11.4 Å². The summed E-state index contributed by atoms with van der Waals surface area (Å²) in [5.41, 5.74) is 1.02. The lowest BCUT2D eigenvalue weighted by Gasteiger charge is -2.17. The highest BCUT2D eigenvalue weighted by molar-refractivity contribution is 5.76. The maximum Gasteiger partial charge on any atom is 0.227 e. The summed E-state index contributed by atoms with van der Waals surface area (Å²) in [6, 6.07) is 10.6. The first kappa shape index (κ1) is 20.4. The topological polar surface area (TPSA) is 68.5 Å². The minimum atomic E-state index is -0.679. The van der Waals surface area contributed by atoms with Gasteiger partial charge in [0.15, 0.2) is 0 Å². The zero-order valence-electron chi connectivity index (χ0n) is 16.2. The second-order valence-electron chi connectivity index (χ2n) is 6.45. The van der Waals surface area contributed by atoms with E-state index in [-0.39, 0.29) is 30.9 Å². The van der Waals surface area contributed by atoms with Crippen LogP contribution in [0.15, 0.2) is 47.0 Å². The normalized spacial score (nSPS) is 10.8. The van der Waals surface area contributed by atoms with Crippen molar-refractivity contribution in [1.82, 2.24) is 15.0 Å². The molecule has 6 nitrogen and oxygen atoms in total. The molecule has 1 amide bonds. The Bertz CT molecular complexity index is 974. The molecule has 29 heavy (non-hydrogen) atoms. The molecule has 0 saturated heterocycles. The summed E-state index contributed by atoms with van der Waals surface area (Å²) in [5.74, 6) is -0.0249. The van der Waals surface area contributed by atoms with E-state index in [1.165, 1.54) is 11.0 Å². The highest BCUT2D eigenvalue weighted by Crippen LogP contribution is 2.20.